The fourth-order valence-corrected chi connectivity index (χ4v) is 3.82. The molecule has 0 aliphatic carbocycles. The minimum atomic E-state index is -0.0821. The van der Waals surface area contributed by atoms with Crippen molar-refractivity contribution in [1.82, 2.24) is 39.9 Å². The van der Waals surface area contributed by atoms with Gasteiger partial charge in [0.2, 0.25) is 0 Å². The van der Waals surface area contributed by atoms with E-state index >= 15 is 0 Å². The molecule has 0 fully saturated rings. The van der Waals surface area contributed by atoms with Crippen LogP contribution in [-0.2, 0) is 0 Å². The first-order valence-corrected chi connectivity index (χ1v) is 11.5. The Morgan fingerprint density at radius 3 is 2.83 bits per heavy atom. The lowest BCUT2D eigenvalue weighted by atomic mass is 10.1. The molecule has 2 aromatic carbocycles. The minimum Gasteiger partial charge on any atom is -0.352 e. The van der Waals surface area contributed by atoms with E-state index in [1.54, 1.807) is 35.6 Å². The largest absolute Gasteiger partial charge is 0.352 e. The molecule has 0 unspecified atom stereocenters. The van der Waals surface area contributed by atoms with Crippen LogP contribution in [0.15, 0.2) is 66.4 Å². The van der Waals surface area contributed by atoms with Gasteiger partial charge in [0.25, 0.3) is 5.91 Å². The summed E-state index contributed by atoms with van der Waals surface area (Å²) in [5.74, 6) is 0.451. The van der Waals surface area contributed by atoms with Crippen LogP contribution in [0.5, 0.6) is 0 Å². The van der Waals surface area contributed by atoms with Gasteiger partial charge < -0.3 is 15.2 Å². The van der Waals surface area contributed by atoms with Gasteiger partial charge in [-0.05, 0) is 56.9 Å². The molecule has 0 spiro atoms. The van der Waals surface area contributed by atoms with Crippen molar-refractivity contribution in [3.63, 3.8) is 0 Å². The molecule has 11 nitrogen and oxygen atoms in total. The Balaban J connectivity index is 1.26. The number of H-pyrrole nitrogens is 1. The number of aromatic amines is 1. The fraction of sp³-hybridized carbons (Fsp3) is 0.200. The summed E-state index contributed by atoms with van der Waals surface area (Å²) in [7, 11) is 4.03. The summed E-state index contributed by atoms with van der Waals surface area (Å²) in [6.45, 7) is 1.58. The lowest BCUT2D eigenvalue weighted by Gasteiger charge is -2.10. The van der Waals surface area contributed by atoms with E-state index in [-0.39, 0.29) is 5.91 Å². The summed E-state index contributed by atoms with van der Waals surface area (Å²) in [5, 5.41) is 12.5. The monoisotopic (exact) mass is 482 g/mol. The third-order valence-electron chi connectivity index (χ3n) is 5.65. The standard InChI is InChI=1S/C25H26N10O/c1-34(2)12-4-11-26-25(36)18-9-7-17(8-10-18)13-31-33-23-19-14-32-35(24(19)30-16-29-23)21-6-3-5-20-22(21)28-15-27-20/h3,5-10,13-16H,4,11-12H2,1-2H3,(H,26,36)(H,27,28)(H,29,30,33)/b31-13-. The van der Waals surface area contributed by atoms with E-state index in [9.17, 15) is 4.79 Å². The molecule has 1 amide bonds. The number of rotatable bonds is 9. The molecule has 0 atom stereocenters. The molecule has 182 valence electrons. The predicted octanol–water partition coefficient (Wildman–Crippen LogP) is 2.82. The maximum absolute atomic E-state index is 12.3. The fourth-order valence-electron chi connectivity index (χ4n) is 3.82. The van der Waals surface area contributed by atoms with Crippen molar-refractivity contribution in [2.45, 2.75) is 6.42 Å². The quantitative estimate of drug-likeness (QED) is 0.167. The van der Waals surface area contributed by atoms with Gasteiger partial charge in [-0.15, -0.1) is 0 Å². The Hall–Kier alpha value is -4.64. The van der Waals surface area contributed by atoms with E-state index in [4.69, 9.17) is 0 Å². The number of amides is 1. The summed E-state index contributed by atoms with van der Waals surface area (Å²) in [4.78, 5) is 30.6. The number of nitrogens with one attached hydrogen (secondary N) is 3. The number of hydrazone groups is 1. The Morgan fingerprint density at radius 1 is 1.14 bits per heavy atom. The maximum Gasteiger partial charge on any atom is 0.251 e. The van der Waals surface area contributed by atoms with Crippen molar-refractivity contribution in [3.8, 4) is 5.69 Å². The molecular weight excluding hydrogens is 456 g/mol. The van der Waals surface area contributed by atoms with Crippen molar-refractivity contribution in [2.75, 3.05) is 32.6 Å². The zero-order valence-electron chi connectivity index (χ0n) is 20.0. The average molecular weight is 483 g/mol. The van der Waals surface area contributed by atoms with Gasteiger partial charge >= 0.3 is 0 Å². The van der Waals surface area contributed by atoms with Crippen LogP contribution in [0.3, 0.4) is 0 Å². The van der Waals surface area contributed by atoms with Crippen LogP contribution >= 0.6 is 0 Å². The molecule has 11 heteroatoms. The lowest BCUT2D eigenvalue weighted by molar-refractivity contribution is 0.0952. The summed E-state index contributed by atoms with van der Waals surface area (Å²) < 4.78 is 1.74. The number of hydrogen-bond donors (Lipinski definition) is 3. The van der Waals surface area contributed by atoms with Crippen LogP contribution in [0, 0.1) is 0 Å². The number of imidazole rings is 1. The number of nitrogens with zero attached hydrogens (tertiary/aromatic N) is 7. The molecule has 0 saturated carbocycles. The van der Waals surface area contributed by atoms with Crippen molar-refractivity contribution < 1.29 is 4.79 Å². The van der Waals surface area contributed by atoms with Crippen LogP contribution in [0.25, 0.3) is 27.8 Å². The first kappa shape index (κ1) is 23.1. The second-order valence-corrected chi connectivity index (χ2v) is 8.50. The highest BCUT2D eigenvalue weighted by atomic mass is 16.1. The maximum atomic E-state index is 12.3. The molecular formula is C25H26N10O. The van der Waals surface area contributed by atoms with E-state index in [2.05, 4.69) is 45.8 Å². The third-order valence-corrected chi connectivity index (χ3v) is 5.65. The van der Waals surface area contributed by atoms with Gasteiger partial charge in [-0.3, -0.25) is 10.2 Å². The molecule has 5 rings (SSSR count). The van der Waals surface area contributed by atoms with Crippen molar-refractivity contribution in [3.05, 3.63) is 72.4 Å². The van der Waals surface area contributed by atoms with E-state index in [0.717, 1.165) is 40.6 Å². The molecule has 5 aromatic rings. The summed E-state index contributed by atoms with van der Waals surface area (Å²) in [6, 6.07) is 13.1. The van der Waals surface area contributed by atoms with Crippen molar-refractivity contribution in [2.24, 2.45) is 5.10 Å². The topological polar surface area (TPSA) is 129 Å². The number of para-hydroxylation sites is 1. The average Bonchev–Trinajstić information content (AvgIpc) is 3.54. The smallest absolute Gasteiger partial charge is 0.251 e. The van der Waals surface area contributed by atoms with Gasteiger partial charge in [0.05, 0.1) is 35.3 Å². The van der Waals surface area contributed by atoms with Gasteiger partial charge in [-0.1, -0.05) is 18.2 Å². The van der Waals surface area contributed by atoms with Crippen LogP contribution < -0.4 is 10.7 Å². The van der Waals surface area contributed by atoms with Crippen molar-refractivity contribution >= 4 is 40.0 Å². The third kappa shape index (κ3) is 4.91. The molecule has 36 heavy (non-hydrogen) atoms. The molecule has 3 heterocycles. The van der Waals surface area contributed by atoms with Gasteiger partial charge in [-0.2, -0.15) is 10.2 Å². The number of carbonyl (C=O) groups excluding carboxylic acids is 1. The number of carbonyl (C=O) groups is 1. The van der Waals surface area contributed by atoms with Crippen LogP contribution in [0.1, 0.15) is 22.3 Å². The van der Waals surface area contributed by atoms with Gasteiger partial charge in [0.1, 0.15) is 11.8 Å². The van der Waals surface area contributed by atoms with E-state index in [1.807, 2.05) is 44.4 Å². The van der Waals surface area contributed by atoms with Crippen LogP contribution in [0.2, 0.25) is 0 Å². The highest BCUT2D eigenvalue weighted by molar-refractivity contribution is 5.95. The molecule has 0 aliphatic heterocycles. The molecule has 0 aliphatic rings. The number of anilines is 1. The highest BCUT2D eigenvalue weighted by Gasteiger charge is 2.14. The van der Waals surface area contributed by atoms with Crippen LogP contribution in [0.4, 0.5) is 5.82 Å². The second kappa shape index (κ2) is 10.3. The normalized spacial score (nSPS) is 11.6. The number of fused-ring (bicyclic) bond motifs is 2. The minimum absolute atomic E-state index is 0.0821. The number of benzene rings is 2. The highest BCUT2D eigenvalue weighted by Crippen LogP contribution is 2.25. The first-order chi connectivity index (χ1) is 17.6. The SMILES string of the molecule is CN(C)CCCNC(=O)c1ccc(/C=N\Nc2ncnc3c2cnn3-c2cccc3[nH]cnc23)cc1. The van der Waals surface area contributed by atoms with Gasteiger partial charge in [0, 0.05) is 12.1 Å². The van der Waals surface area contributed by atoms with E-state index < -0.39 is 0 Å². The summed E-state index contributed by atoms with van der Waals surface area (Å²) in [6.07, 6.45) is 7.40. The second-order valence-electron chi connectivity index (χ2n) is 8.50. The Morgan fingerprint density at radius 2 is 2.00 bits per heavy atom. The molecule has 3 N–H and O–H groups in total. The zero-order valence-corrected chi connectivity index (χ0v) is 20.0. The van der Waals surface area contributed by atoms with Crippen LogP contribution in [-0.4, -0.2) is 73.9 Å². The summed E-state index contributed by atoms with van der Waals surface area (Å²) >= 11 is 0. The number of hydrogen-bond acceptors (Lipinski definition) is 8. The molecule has 3 aromatic heterocycles. The molecule has 0 radical (unpaired) electrons. The first-order valence-electron chi connectivity index (χ1n) is 11.5. The van der Waals surface area contributed by atoms with E-state index in [0.29, 0.717) is 23.6 Å². The Labute approximate surface area is 207 Å². The zero-order chi connectivity index (χ0) is 24.9. The molecule has 0 bridgehead atoms. The predicted molar refractivity (Wildman–Crippen MR) is 139 cm³/mol. The van der Waals surface area contributed by atoms with E-state index in [1.165, 1.54) is 6.33 Å². The molecule has 0 saturated heterocycles. The summed E-state index contributed by atoms with van der Waals surface area (Å²) in [5.41, 5.74) is 7.61. The van der Waals surface area contributed by atoms with Gasteiger partial charge in [0.15, 0.2) is 11.5 Å². The van der Waals surface area contributed by atoms with Gasteiger partial charge in [-0.25, -0.2) is 19.6 Å². The number of aromatic nitrogens is 6. The Bertz CT molecular complexity index is 1520. The Kier molecular flexibility index (Phi) is 6.63. The lowest BCUT2D eigenvalue weighted by Crippen LogP contribution is -2.27. The van der Waals surface area contributed by atoms with Crippen molar-refractivity contribution in [1.29, 1.82) is 0 Å².